The summed E-state index contributed by atoms with van der Waals surface area (Å²) < 4.78 is 5.53. The summed E-state index contributed by atoms with van der Waals surface area (Å²) >= 11 is 0. The summed E-state index contributed by atoms with van der Waals surface area (Å²) in [6, 6.07) is 7.33. The largest absolute Gasteiger partial charge is 0.484 e. The maximum absolute atomic E-state index is 12.0. The third-order valence-corrected chi connectivity index (χ3v) is 4.90. The van der Waals surface area contributed by atoms with Crippen LogP contribution in [0.4, 0.5) is 5.69 Å². The normalized spacial score (nSPS) is 18.1. The highest BCUT2D eigenvalue weighted by Crippen LogP contribution is 2.23. The number of likely N-dealkylation sites (tertiary alicyclic amines) is 1. The summed E-state index contributed by atoms with van der Waals surface area (Å²) in [5.41, 5.74) is 0.863. The molecule has 0 saturated carbocycles. The predicted molar refractivity (Wildman–Crippen MR) is 96.9 cm³/mol. The first-order valence-electron chi connectivity index (χ1n) is 9.11. The molecule has 0 atom stereocenters. The van der Waals surface area contributed by atoms with Gasteiger partial charge < -0.3 is 19.9 Å². The molecule has 7 nitrogen and oxygen atoms in total. The van der Waals surface area contributed by atoms with Gasteiger partial charge in [-0.1, -0.05) is 0 Å². The van der Waals surface area contributed by atoms with Gasteiger partial charge in [0.2, 0.25) is 11.8 Å². The van der Waals surface area contributed by atoms with Crippen molar-refractivity contribution in [3.63, 3.8) is 0 Å². The minimum absolute atomic E-state index is 0.0467. The summed E-state index contributed by atoms with van der Waals surface area (Å²) in [4.78, 5) is 38.7. The Labute approximate surface area is 153 Å². The highest BCUT2D eigenvalue weighted by molar-refractivity contribution is 5.95. The van der Waals surface area contributed by atoms with E-state index in [0.29, 0.717) is 25.3 Å². The van der Waals surface area contributed by atoms with Gasteiger partial charge >= 0.3 is 0 Å². The van der Waals surface area contributed by atoms with Crippen molar-refractivity contribution in [1.82, 2.24) is 10.2 Å². The van der Waals surface area contributed by atoms with Gasteiger partial charge in [0, 0.05) is 44.7 Å². The van der Waals surface area contributed by atoms with E-state index in [1.165, 1.54) is 0 Å². The Balaban J connectivity index is 1.42. The molecule has 2 aliphatic heterocycles. The molecule has 0 unspecified atom stereocenters. The van der Waals surface area contributed by atoms with E-state index in [0.717, 1.165) is 31.5 Å². The third kappa shape index (κ3) is 4.53. The molecule has 0 aromatic heterocycles. The molecule has 2 aliphatic rings. The molecule has 3 rings (SSSR count). The van der Waals surface area contributed by atoms with Crippen molar-refractivity contribution in [2.75, 3.05) is 31.1 Å². The fourth-order valence-corrected chi connectivity index (χ4v) is 3.40. The summed E-state index contributed by atoms with van der Waals surface area (Å²) in [5.74, 6) is 0.665. The number of piperidine rings is 1. The van der Waals surface area contributed by atoms with Gasteiger partial charge in [0.15, 0.2) is 6.61 Å². The van der Waals surface area contributed by atoms with Gasteiger partial charge in [-0.2, -0.15) is 0 Å². The lowest BCUT2D eigenvalue weighted by molar-refractivity contribution is -0.130. The zero-order valence-electron chi connectivity index (χ0n) is 15.1. The van der Waals surface area contributed by atoms with E-state index in [-0.39, 0.29) is 30.4 Å². The first kappa shape index (κ1) is 18.2. The van der Waals surface area contributed by atoms with Crippen LogP contribution in [0.1, 0.15) is 32.6 Å². The molecule has 2 heterocycles. The topological polar surface area (TPSA) is 79.0 Å². The lowest BCUT2D eigenvalue weighted by atomic mass is 10.1. The van der Waals surface area contributed by atoms with Gasteiger partial charge in [0.1, 0.15) is 5.75 Å². The summed E-state index contributed by atoms with van der Waals surface area (Å²) in [6.07, 6.45) is 3.03. The maximum Gasteiger partial charge on any atom is 0.258 e. The van der Waals surface area contributed by atoms with E-state index in [2.05, 4.69) is 5.32 Å². The number of nitrogens with zero attached hydrogens (tertiary/aromatic N) is 2. The number of anilines is 1. The van der Waals surface area contributed by atoms with Crippen molar-refractivity contribution in [3.05, 3.63) is 24.3 Å². The van der Waals surface area contributed by atoms with Gasteiger partial charge in [-0.15, -0.1) is 0 Å². The molecular formula is C19H25N3O4. The number of hydrogen-bond acceptors (Lipinski definition) is 4. The number of carbonyl (C=O) groups excluding carboxylic acids is 3. The number of hydrogen-bond donors (Lipinski definition) is 1. The lowest BCUT2D eigenvalue weighted by Gasteiger charge is -2.31. The average molecular weight is 359 g/mol. The highest BCUT2D eigenvalue weighted by Gasteiger charge is 2.23. The molecule has 1 aromatic carbocycles. The first-order valence-corrected chi connectivity index (χ1v) is 9.11. The number of benzene rings is 1. The van der Waals surface area contributed by atoms with Crippen LogP contribution in [0.15, 0.2) is 24.3 Å². The molecule has 0 aliphatic carbocycles. The van der Waals surface area contributed by atoms with E-state index in [4.69, 9.17) is 4.74 Å². The molecule has 2 saturated heterocycles. The van der Waals surface area contributed by atoms with Crippen LogP contribution in [0.2, 0.25) is 0 Å². The molecule has 0 bridgehead atoms. The number of carbonyl (C=O) groups is 3. The molecule has 3 amide bonds. The van der Waals surface area contributed by atoms with Gasteiger partial charge in [-0.25, -0.2) is 0 Å². The standard InChI is InChI=1S/C19H25N3O4/c1-14(23)21-11-8-15(9-12-21)20-18(24)13-26-17-6-4-16(5-7-17)22-10-2-3-19(22)25/h4-7,15H,2-3,8-13H2,1H3,(H,20,24). The number of ether oxygens (including phenoxy) is 1. The molecule has 1 aromatic rings. The van der Waals surface area contributed by atoms with Crippen LogP contribution >= 0.6 is 0 Å². The van der Waals surface area contributed by atoms with E-state index >= 15 is 0 Å². The van der Waals surface area contributed by atoms with E-state index in [1.54, 1.807) is 28.9 Å². The second kappa shape index (κ2) is 8.21. The van der Waals surface area contributed by atoms with Crippen molar-refractivity contribution in [1.29, 1.82) is 0 Å². The van der Waals surface area contributed by atoms with Crippen molar-refractivity contribution in [2.24, 2.45) is 0 Å². The molecular weight excluding hydrogens is 334 g/mol. The Morgan fingerprint density at radius 2 is 1.85 bits per heavy atom. The predicted octanol–water partition coefficient (Wildman–Crippen LogP) is 1.32. The SMILES string of the molecule is CC(=O)N1CCC(NC(=O)COc2ccc(N3CCCC3=O)cc2)CC1. The molecule has 1 N–H and O–H groups in total. The fraction of sp³-hybridized carbons (Fsp3) is 0.526. The second-order valence-corrected chi connectivity index (χ2v) is 6.78. The fourth-order valence-electron chi connectivity index (χ4n) is 3.40. The van der Waals surface area contributed by atoms with Crippen LogP contribution < -0.4 is 15.0 Å². The summed E-state index contributed by atoms with van der Waals surface area (Å²) in [5, 5.41) is 2.96. The molecule has 2 fully saturated rings. The summed E-state index contributed by atoms with van der Waals surface area (Å²) in [6.45, 7) is 3.63. The Hall–Kier alpha value is -2.57. The first-order chi connectivity index (χ1) is 12.5. The number of nitrogens with one attached hydrogen (secondary N) is 1. The van der Waals surface area contributed by atoms with Crippen LogP contribution in [0.5, 0.6) is 5.75 Å². The van der Waals surface area contributed by atoms with Crippen molar-refractivity contribution >= 4 is 23.4 Å². The highest BCUT2D eigenvalue weighted by atomic mass is 16.5. The van der Waals surface area contributed by atoms with Crippen LogP contribution in [0, 0.1) is 0 Å². The zero-order chi connectivity index (χ0) is 18.5. The monoisotopic (exact) mass is 359 g/mol. The Bertz CT molecular complexity index is 666. The van der Waals surface area contributed by atoms with Crippen molar-refractivity contribution < 1.29 is 19.1 Å². The van der Waals surface area contributed by atoms with E-state index in [9.17, 15) is 14.4 Å². The van der Waals surface area contributed by atoms with Gasteiger partial charge in [-0.3, -0.25) is 14.4 Å². The third-order valence-electron chi connectivity index (χ3n) is 4.90. The second-order valence-electron chi connectivity index (χ2n) is 6.78. The maximum atomic E-state index is 12.0. The zero-order valence-corrected chi connectivity index (χ0v) is 15.1. The van der Waals surface area contributed by atoms with Crippen molar-refractivity contribution in [3.8, 4) is 5.75 Å². The average Bonchev–Trinajstić information content (AvgIpc) is 3.07. The van der Waals surface area contributed by atoms with Crippen LogP contribution in [0.3, 0.4) is 0 Å². The Morgan fingerprint density at radius 3 is 2.42 bits per heavy atom. The number of amides is 3. The Morgan fingerprint density at radius 1 is 1.15 bits per heavy atom. The summed E-state index contributed by atoms with van der Waals surface area (Å²) in [7, 11) is 0. The van der Waals surface area contributed by atoms with Gasteiger partial charge in [-0.05, 0) is 43.5 Å². The van der Waals surface area contributed by atoms with Crippen molar-refractivity contribution in [2.45, 2.75) is 38.6 Å². The van der Waals surface area contributed by atoms with E-state index < -0.39 is 0 Å². The van der Waals surface area contributed by atoms with Crippen LogP contribution in [0.25, 0.3) is 0 Å². The van der Waals surface area contributed by atoms with Crippen LogP contribution in [-0.2, 0) is 14.4 Å². The molecule has 0 spiro atoms. The lowest BCUT2D eigenvalue weighted by Crippen LogP contribution is -2.47. The smallest absolute Gasteiger partial charge is 0.258 e. The quantitative estimate of drug-likeness (QED) is 0.860. The molecule has 7 heteroatoms. The molecule has 140 valence electrons. The number of rotatable bonds is 5. The van der Waals surface area contributed by atoms with E-state index in [1.807, 2.05) is 12.1 Å². The molecule has 0 radical (unpaired) electrons. The molecule has 26 heavy (non-hydrogen) atoms. The van der Waals surface area contributed by atoms with Gasteiger partial charge in [0.05, 0.1) is 0 Å². The minimum Gasteiger partial charge on any atom is -0.484 e. The minimum atomic E-state index is -0.162. The van der Waals surface area contributed by atoms with Gasteiger partial charge in [0.25, 0.3) is 5.91 Å². The Kier molecular flexibility index (Phi) is 5.75. The van der Waals surface area contributed by atoms with Crippen LogP contribution in [-0.4, -0.2) is 54.9 Å².